The highest BCUT2D eigenvalue weighted by atomic mass is 19.1. The van der Waals surface area contributed by atoms with Crippen molar-refractivity contribution in [2.45, 2.75) is 25.3 Å². The number of hydrogen-bond donors (Lipinski definition) is 0. The number of pyridine rings is 1. The van der Waals surface area contributed by atoms with Gasteiger partial charge in [-0.15, -0.1) is 0 Å². The van der Waals surface area contributed by atoms with Crippen molar-refractivity contribution in [2.24, 2.45) is 0 Å². The van der Waals surface area contributed by atoms with Crippen molar-refractivity contribution >= 4 is 5.91 Å². The molecule has 0 bridgehead atoms. The van der Waals surface area contributed by atoms with Gasteiger partial charge in [0.05, 0.1) is 25.2 Å². The third-order valence-electron chi connectivity index (χ3n) is 4.36. The minimum atomic E-state index is -0.374. The van der Waals surface area contributed by atoms with E-state index in [-0.39, 0.29) is 23.7 Å². The Kier molecular flexibility index (Phi) is 5.20. The smallest absolute Gasteiger partial charge is 0.230 e. The van der Waals surface area contributed by atoms with Gasteiger partial charge in [0.2, 0.25) is 5.91 Å². The summed E-state index contributed by atoms with van der Waals surface area (Å²) in [6, 6.07) is 11.9. The maximum Gasteiger partial charge on any atom is 0.230 e. The van der Waals surface area contributed by atoms with E-state index in [1.165, 1.54) is 12.1 Å². The quantitative estimate of drug-likeness (QED) is 0.867. The van der Waals surface area contributed by atoms with Crippen molar-refractivity contribution in [3.05, 3.63) is 65.7 Å². The van der Waals surface area contributed by atoms with Crippen LogP contribution in [-0.2, 0) is 16.0 Å². The molecular weight excluding hydrogens is 307 g/mol. The molecule has 1 aliphatic rings. The van der Waals surface area contributed by atoms with Crippen LogP contribution >= 0.6 is 0 Å². The average molecular weight is 328 g/mol. The van der Waals surface area contributed by atoms with Crippen LogP contribution in [0.15, 0.2) is 48.7 Å². The zero-order valence-electron chi connectivity index (χ0n) is 13.7. The molecule has 0 radical (unpaired) electrons. The highest BCUT2D eigenvalue weighted by Crippen LogP contribution is 2.25. The van der Waals surface area contributed by atoms with Gasteiger partial charge in [-0.25, -0.2) is 4.39 Å². The Labute approximate surface area is 141 Å². The fourth-order valence-corrected chi connectivity index (χ4v) is 3.03. The topological polar surface area (TPSA) is 42.4 Å². The highest BCUT2D eigenvalue weighted by molar-refractivity contribution is 5.84. The molecule has 1 aliphatic heterocycles. The molecule has 2 unspecified atom stereocenters. The van der Waals surface area contributed by atoms with Crippen LogP contribution in [0.5, 0.6) is 0 Å². The van der Waals surface area contributed by atoms with E-state index in [0.29, 0.717) is 26.2 Å². The first-order valence-corrected chi connectivity index (χ1v) is 8.19. The van der Waals surface area contributed by atoms with Gasteiger partial charge >= 0.3 is 0 Å². The Morgan fingerprint density at radius 2 is 2.12 bits per heavy atom. The molecule has 126 valence electrons. The average Bonchev–Trinajstić information content (AvgIpc) is 2.61. The second-order valence-corrected chi connectivity index (χ2v) is 6.08. The fraction of sp³-hybridized carbons (Fsp3) is 0.368. The normalized spacial score (nSPS) is 19.1. The molecule has 1 fully saturated rings. The van der Waals surface area contributed by atoms with Crippen LogP contribution in [0.25, 0.3) is 0 Å². The molecule has 24 heavy (non-hydrogen) atoms. The zero-order chi connectivity index (χ0) is 16.9. The van der Waals surface area contributed by atoms with Crippen LogP contribution in [-0.4, -0.2) is 41.6 Å². The zero-order valence-corrected chi connectivity index (χ0v) is 13.7. The number of benzene rings is 1. The minimum absolute atomic E-state index is 0.0398. The number of aromatic nitrogens is 1. The third-order valence-corrected chi connectivity index (χ3v) is 4.36. The molecule has 5 heteroatoms. The molecule has 0 spiro atoms. The fourth-order valence-electron chi connectivity index (χ4n) is 3.03. The third kappa shape index (κ3) is 3.79. The molecule has 1 saturated heterocycles. The summed E-state index contributed by atoms with van der Waals surface area (Å²) in [4.78, 5) is 19.3. The van der Waals surface area contributed by atoms with E-state index in [1.54, 1.807) is 18.3 Å². The number of hydrogen-bond acceptors (Lipinski definition) is 3. The summed E-state index contributed by atoms with van der Waals surface area (Å²) in [5, 5.41) is 0. The highest BCUT2D eigenvalue weighted by Gasteiger charge is 2.31. The molecule has 2 aromatic rings. The summed E-state index contributed by atoms with van der Waals surface area (Å²) in [6.45, 7) is 3.67. The molecule has 0 N–H and O–H groups in total. The molecule has 4 nitrogen and oxygen atoms in total. The van der Waals surface area contributed by atoms with Crippen LogP contribution in [0.4, 0.5) is 4.39 Å². The summed E-state index contributed by atoms with van der Waals surface area (Å²) in [7, 11) is 0. The van der Waals surface area contributed by atoms with Gasteiger partial charge in [-0.1, -0.05) is 18.2 Å². The number of amides is 1. The molecular formula is C19H21FN2O2. The lowest BCUT2D eigenvalue weighted by Gasteiger charge is -2.36. The summed E-state index contributed by atoms with van der Waals surface area (Å²) < 4.78 is 18.7. The van der Waals surface area contributed by atoms with Crippen LogP contribution < -0.4 is 0 Å². The first-order valence-electron chi connectivity index (χ1n) is 8.19. The van der Waals surface area contributed by atoms with E-state index >= 15 is 0 Å². The number of nitrogens with zero attached hydrogens (tertiary/aromatic N) is 2. The Bertz CT molecular complexity index is 676. The van der Waals surface area contributed by atoms with Crippen LogP contribution in [0, 0.1) is 5.82 Å². The first kappa shape index (κ1) is 16.6. The van der Waals surface area contributed by atoms with Gasteiger partial charge in [0.1, 0.15) is 5.82 Å². The maximum atomic E-state index is 13.3. The van der Waals surface area contributed by atoms with Gasteiger partial charge in [0.25, 0.3) is 0 Å². The van der Waals surface area contributed by atoms with E-state index < -0.39 is 0 Å². The van der Waals surface area contributed by atoms with E-state index in [1.807, 2.05) is 30.0 Å². The first-order chi connectivity index (χ1) is 11.6. The SMILES string of the molecule is CC1COCCN1C(=O)C(Cc1ccccn1)c1ccc(F)cc1. The Hall–Kier alpha value is -2.27. The number of ether oxygens (including phenoxy) is 1. The van der Waals surface area contributed by atoms with Gasteiger partial charge in [-0.2, -0.15) is 0 Å². The number of morpholine rings is 1. The Morgan fingerprint density at radius 1 is 1.33 bits per heavy atom. The molecule has 2 heterocycles. The maximum absolute atomic E-state index is 13.3. The molecule has 1 aromatic carbocycles. The lowest BCUT2D eigenvalue weighted by Crippen LogP contribution is -2.49. The van der Waals surface area contributed by atoms with Crippen molar-refractivity contribution < 1.29 is 13.9 Å². The predicted molar refractivity (Wildman–Crippen MR) is 89.1 cm³/mol. The van der Waals surface area contributed by atoms with E-state index in [2.05, 4.69) is 4.98 Å². The number of rotatable bonds is 4. The standard InChI is InChI=1S/C19H21FN2O2/c1-14-13-24-11-10-22(14)19(23)18(12-17-4-2-3-9-21-17)15-5-7-16(20)8-6-15/h2-9,14,18H,10-13H2,1H3. The van der Waals surface area contributed by atoms with Gasteiger partial charge in [-0.05, 0) is 36.8 Å². The molecule has 0 saturated carbocycles. The summed E-state index contributed by atoms with van der Waals surface area (Å²) in [6.07, 6.45) is 2.22. The van der Waals surface area contributed by atoms with Crippen molar-refractivity contribution in [1.29, 1.82) is 0 Å². The van der Waals surface area contributed by atoms with Crippen molar-refractivity contribution in [3.63, 3.8) is 0 Å². The van der Waals surface area contributed by atoms with E-state index in [4.69, 9.17) is 4.74 Å². The second-order valence-electron chi connectivity index (χ2n) is 6.08. The van der Waals surface area contributed by atoms with Gasteiger partial charge < -0.3 is 9.64 Å². The predicted octanol–water partition coefficient (Wildman–Crippen LogP) is 2.79. The second kappa shape index (κ2) is 7.53. The van der Waals surface area contributed by atoms with Gasteiger partial charge in [0, 0.05) is 24.9 Å². The van der Waals surface area contributed by atoms with Crippen molar-refractivity contribution in [3.8, 4) is 0 Å². The van der Waals surface area contributed by atoms with Crippen LogP contribution in [0.1, 0.15) is 24.1 Å². The lowest BCUT2D eigenvalue weighted by atomic mass is 9.91. The number of carbonyl (C=O) groups excluding carboxylic acids is 1. The van der Waals surface area contributed by atoms with Gasteiger partial charge in [0.15, 0.2) is 0 Å². The molecule has 2 atom stereocenters. The monoisotopic (exact) mass is 328 g/mol. The summed E-state index contributed by atoms with van der Waals surface area (Å²) >= 11 is 0. The van der Waals surface area contributed by atoms with Crippen molar-refractivity contribution in [1.82, 2.24) is 9.88 Å². The van der Waals surface area contributed by atoms with Crippen LogP contribution in [0.3, 0.4) is 0 Å². The number of carbonyl (C=O) groups is 1. The van der Waals surface area contributed by atoms with E-state index in [0.717, 1.165) is 11.3 Å². The largest absolute Gasteiger partial charge is 0.377 e. The Balaban J connectivity index is 1.88. The number of halogens is 1. The van der Waals surface area contributed by atoms with Crippen LogP contribution in [0.2, 0.25) is 0 Å². The summed E-state index contributed by atoms with van der Waals surface area (Å²) in [5.41, 5.74) is 1.66. The van der Waals surface area contributed by atoms with Gasteiger partial charge in [-0.3, -0.25) is 9.78 Å². The van der Waals surface area contributed by atoms with Crippen molar-refractivity contribution in [2.75, 3.05) is 19.8 Å². The summed E-state index contributed by atoms with van der Waals surface area (Å²) in [5.74, 6) is -0.633. The minimum Gasteiger partial charge on any atom is -0.377 e. The van der Waals surface area contributed by atoms with E-state index in [9.17, 15) is 9.18 Å². The lowest BCUT2D eigenvalue weighted by molar-refractivity contribution is -0.140. The molecule has 1 aromatic heterocycles. The molecule has 0 aliphatic carbocycles. The molecule has 3 rings (SSSR count). The molecule has 1 amide bonds. The Morgan fingerprint density at radius 3 is 2.79 bits per heavy atom.